The molecule has 1 saturated heterocycles. The Hall–Kier alpha value is -1.73. The van der Waals surface area contributed by atoms with Gasteiger partial charge in [0.15, 0.2) is 0 Å². The fraction of sp³-hybridized carbons (Fsp3) is 0.562. The van der Waals surface area contributed by atoms with Crippen molar-refractivity contribution in [1.29, 1.82) is 5.26 Å². The number of nitrogens with two attached hydrogens (primary N) is 1. The van der Waals surface area contributed by atoms with Gasteiger partial charge in [0.1, 0.15) is 0 Å². The van der Waals surface area contributed by atoms with Crippen molar-refractivity contribution in [1.82, 2.24) is 4.90 Å². The van der Waals surface area contributed by atoms with E-state index < -0.39 is 0 Å². The van der Waals surface area contributed by atoms with Gasteiger partial charge in [0, 0.05) is 25.0 Å². The predicted octanol–water partition coefficient (Wildman–Crippen LogP) is 2.11. The van der Waals surface area contributed by atoms with E-state index in [-0.39, 0.29) is 0 Å². The SMILES string of the molecule is CN1CCC(CN(C)c2ccc(N)c(CC#N)c2)CC1. The van der Waals surface area contributed by atoms with Crippen LogP contribution in [-0.2, 0) is 6.42 Å². The lowest BCUT2D eigenvalue weighted by Crippen LogP contribution is -2.35. The van der Waals surface area contributed by atoms with E-state index >= 15 is 0 Å². The monoisotopic (exact) mass is 272 g/mol. The molecular weight excluding hydrogens is 248 g/mol. The van der Waals surface area contributed by atoms with E-state index in [0.29, 0.717) is 12.1 Å². The Balaban J connectivity index is 2.00. The lowest BCUT2D eigenvalue weighted by Gasteiger charge is -2.32. The first-order valence-corrected chi connectivity index (χ1v) is 7.25. The predicted molar refractivity (Wildman–Crippen MR) is 83.7 cm³/mol. The summed E-state index contributed by atoms with van der Waals surface area (Å²) in [6.45, 7) is 3.46. The first kappa shape index (κ1) is 14.7. The lowest BCUT2D eigenvalue weighted by molar-refractivity contribution is 0.222. The van der Waals surface area contributed by atoms with Crippen LogP contribution in [0.15, 0.2) is 18.2 Å². The fourth-order valence-corrected chi connectivity index (χ4v) is 2.81. The minimum Gasteiger partial charge on any atom is -0.398 e. The number of hydrogen-bond acceptors (Lipinski definition) is 4. The second-order valence-corrected chi connectivity index (χ2v) is 5.85. The van der Waals surface area contributed by atoms with Gasteiger partial charge in [-0.2, -0.15) is 5.26 Å². The van der Waals surface area contributed by atoms with Crippen LogP contribution >= 0.6 is 0 Å². The van der Waals surface area contributed by atoms with Crippen molar-refractivity contribution in [3.05, 3.63) is 23.8 Å². The molecule has 1 aromatic carbocycles. The Morgan fingerprint density at radius 2 is 2.10 bits per heavy atom. The molecule has 1 heterocycles. The summed E-state index contributed by atoms with van der Waals surface area (Å²) >= 11 is 0. The molecule has 1 aliphatic rings. The molecule has 0 unspecified atom stereocenters. The maximum Gasteiger partial charge on any atom is 0.0670 e. The van der Waals surface area contributed by atoms with Crippen molar-refractivity contribution in [2.24, 2.45) is 5.92 Å². The minimum atomic E-state index is 0.377. The van der Waals surface area contributed by atoms with Crippen LogP contribution in [0, 0.1) is 17.2 Å². The van der Waals surface area contributed by atoms with E-state index in [1.54, 1.807) is 0 Å². The van der Waals surface area contributed by atoms with Crippen molar-refractivity contribution in [3.63, 3.8) is 0 Å². The standard InChI is InChI=1S/C16H24N4/c1-19-9-6-13(7-10-19)12-20(2)15-3-4-16(18)14(11-15)5-8-17/h3-4,11,13H,5-7,9-10,12,18H2,1-2H3. The first-order valence-electron chi connectivity index (χ1n) is 7.25. The van der Waals surface area contributed by atoms with Gasteiger partial charge >= 0.3 is 0 Å². The number of anilines is 2. The van der Waals surface area contributed by atoms with Crippen molar-refractivity contribution >= 4 is 11.4 Å². The average Bonchev–Trinajstić information content (AvgIpc) is 2.44. The Morgan fingerprint density at radius 1 is 1.40 bits per heavy atom. The zero-order valence-electron chi connectivity index (χ0n) is 12.5. The molecule has 0 aromatic heterocycles. The van der Waals surface area contributed by atoms with Gasteiger partial charge in [0.2, 0.25) is 0 Å². The van der Waals surface area contributed by atoms with Gasteiger partial charge in [-0.05, 0) is 62.7 Å². The third kappa shape index (κ3) is 3.64. The van der Waals surface area contributed by atoms with Gasteiger partial charge in [0.05, 0.1) is 12.5 Å². The molecule has 0 radical (unpaired) electrons. The fourth-order valence-electron chi connectivity index (χ4n) is 2.81. The highest BCUT2D eigenvalue weighted by Gasteiger charge is 2.18. The van der Waals surface area contributed by atoms with Crippen LogP contribution in [0.2, 0.25) is 0 Å². The molecule has 4 heteroatoms. The zero-order chi connectivity index (χ0) is 14.5. The number of hydrogen-bond donors (Lipinski definition) is 1. The molecule has 108 valence electrons. The van der Waals surface area contributed by atoms with Crippen LogP contribution in [0.1, 0.15) is 18.4 Å². The smallest absolute Gasteiger partial charge is 0.0670 e. The van der Waals surface area contributed by atoms with Gasteiger partial charge in [-0.15, -0.1) is 0 Å². The first-order chi connectivity index (χ1) is 9.60. The molecule has 0 spiro atoms. The summed E-state index contributed by atoms with van der Waals surface area (Å²) in [6.07, 6.45) is 2.91. The Kier molecular flexibility index (Phi) is 4.86. The van der Waals surface area contributed by atoms with Gasteiger partial charge < -0.3 is 15.5 Å². The van der Waals surface area contributed by atoms with Crippen LogP contribution < -0.4 is 10.6 Å². The average molecular weight is 272 g/mol. The van der Waals surface area contributed by atoms with Crippen molar-refractivity contribution in [2.75, 3.05) is 44.4 Å². The van der Waals surface area contributed by atoms with Gasteiger partial charge in [0.25, 0.3) is 0 Å². The Morgan fingerprint density at radius 3 is 2.75 bits per heavy atom. The Bertz CT molecular complexity index is 484. The molecular formula is C16H24N4. The molecule has 0 atom stereocenters. The molecule has 0 amide bonds. The van der Waals surface area contributed by atoms with E-state index in [0.717, 1.165) is 23.7 Å². The summed E-state index contributed by atoms with van der Waals surface area (Å²) in [7, 11) is 4.31. The highest BCUT2D eigenvalue weighted by Crippen LogP contribution is 2.24. The molecule has 2 rings (SSSR count). The Labute approximate surface area is 121 Å². The van der Waals surface area contributed by atoms with Crippen LogP contribution in [0.3, 0.4) is 0 Å². The summed E-state index contributed by atoms with van der Waals surface area (Å²) in [6, 6.07) is 8.18. The maximum atomic E-state index is 8.84. The zero-order valence-corrected chi connectivity index (χ0v) is 12.5. The number of rotatable bonds is 4. The number of piperidine rings is 1. The molecule has 20 heavy (non-hydrogen) atoms. The third-order valence-electron chi connectivity index (χ3n) is 4.21. The van der Waals surface area contributed by atoms with Crippen molar-refractivity contribution in [3.8, 4) is 6.07 Å². The van der Waals surface area contributed by atoms with E-state index in [4.69, 9.17) is 11.0 Å². The quantitative estimate of drug-likeness (QED) is 0.853. The molecule has 2 N–H and O–H groups in total. The topological polar surface area (TPSA) is 56.3 Å². The van der Waals surface area contributed by atoms with Crippen LogP contribution in [-0.4, -0.2) is 38.6 Å². The molecule has 1 aliphatic heterocycles. The van der Waals surface area contributed by atoms with Crippen molar-refractivity contribution in [2.45, 2.75) is 19.3 Å². The van der Waals surface area contributed by atoms with Gasteiger partial charge in [-0.25, -0.2) is 0 Å². The minimum absolute atomic E-state index is 0.377. The molecule has 4 nitrogen and oxygen atoms in total. The second-order valence-electron chi connectivity index (χ2n) is 5.85. The summed E-state index contributed by atoms with van der Waals surface area (Å²) < 4.78 is 0. The van der Waals surface area contributed by atoms with E-state index in [9.17, 15) is 0 Å². The number of nitrogen functional groups attached to an aromatic ring is 1. The summed E-state index contributed by atoms with van der Waals surface area (Å²) in [4.78, 5) is 4.68. The maximum absolute atomic E-state index is 8.84. The highest BCUT2D eigenvalue weighted by molar-refractivity contribution is 5.59. The van der Waals surface area contributed by atoms with Gasteiger partial charge in [-0.1, -0.05) is 0 Å². The molecule has 0 bridgehead atoms. The normalized spacial score (nSPS) is 16.9. The number of likely N-dealkylation sites (tertiary alicyclic amines) is 1. The second kappa shape index (κ2) is 6.62. The van der Waals surface area contributed by atoms with Gasteiger partial charge in [-0.3, -0.25) is 0 Å². The summed E-state index contributed by atoms with van der Waals surface area (Å²) in [5, 5.41) is 8.84. The molecule has 0 saturated carbocycles. The van der Waals surface area contributed by atoms with Crippen LogP contribution in [0.4, 0.5) is 11.4 Å². The van der Waals surface area contributed by atoms with Crippen LogP contribution in [0.5, 0.6) is 0 Å². The molecule has 1 fully saturated rings. The van der Waals surface area contributed by atoms with E-state index in [1.807, 2.05) is 18.2 Å². The van der Waals surface area contributed by atoms with Crippen LogP contribution in [0.25, 0.3) is 0 Å². The lowest BCUT2D eigenvalue weighted by atomic mass is 9.96. The van der Waals surface area contributed by atoms with Crippen molar-refractivity contribution < 1.29 is 0 Å². The number of nitrogens with zero attached hydrogens (tertiary/aromatic N) is 3. The molecule has 1 aromatic rings. The molecule has 0 aliphatic carbocycles. The van der Waals surface area contributed by atoms with E-state index in [1.165, 1.54) is 25.9 Å². The largest absolute Gasteiger partial charge is 0.398 e. The third-order valence-corrected chi connectivity index (χ3v) is 4.21. The number of nitriles is 1. The highest BCUT2D eigenvalue weighted by atomic mass is 15.1. The van der Waals surface area contributed by atoms with E-state index in [2.05, 4.69) is 30.0 Å². The summed E-state index contributed by atoms with van der Waals surface area (Å²) in [5.41, 5.74) is 8.70. The number of benzene rings is 1. The summed E-state index contributed by atoms with van der Waals surface area (Å²) in [5.74, 6) is 0.758.